The zero-order valence-electron chi connectivity index (χ0n) is 19.5. The zero-order chi connectivity index (χ0) is 22.8. The second-order valence-electron chi connectivity index (χ2n) is 9.33. The third kappa shape index (κ3) is 7.90. The van der Waals surface area contributed by atoms with Crippen LogP contribution in [0.1, 0.15) is 43.4 Å². The van der Waals surface area contributed by atoms with Gasteiger partial charge in [0.2, 0.25) is 0 Å². The molecular weight excluding hydrogens is 392 g/mol. The fraction of sp³-hybridized carbons (Fsp3) is 0.379. The van der Waals surface area contributed by atoms with Crippen LogP contribution in [0.5, 0.6) is 0 Å². The van der Waals surface area contributed by atoms with Gasteiger partial charge in [0, 0.05) is 25.2 Å². The number of nitrogens with zero attached hydrogens (tertiary/aromatic N) is 1. The molecule has 0 aliphatic heterocycles. The molecule has 0 aromatic heterocycles. The van der Waals surface area contributed by atoms with Gasteiger partial charge in [0.05, 0.1) is 6.10 Å². The van der Waals surface area contributed by atoms with Crippen molar-refractivity contribution in [2.24, 2.45) is 11.7 Å². The molecule has 0 saturated heterocycles. The average Bonchev–Trinajstić information content (AvgIpc) is 2.78. The largest absolute Gasteiger partial charge is 0.391 e. The molecule has 0 radical (unpaired) electrons. The highest BCUT2D eigenvalue weighted by atomic mass is 16.3. The maximum atomic E-state index is 11.5. The topological polar surface area (TPSA) is 49.5 Å². The van der Waals surface area contributed by atoms with Crippen molar-refractivity contribution in [2.45, 2.75) is 64.4 Å². The SMILES string of the molecule is CC(C)C[C@H](N)C[C@H](O)[C@H](Cc1ccccc1)N(Cc1ccccc1)Cc1ccccc1. The van der Waals surface area contributed by atoms with E-state index < -0.39 is 6.10 Å². The first-order valence-electron chi connectivity index (χ1n) is 11.8. The molecule has 3 aromatic rings. The van der Waals surface area contributed by atoms with Crippen molar-refractivity contribution in [3.8, 4) is 0 Å². The number of nitrogens with two attached hydrogens (primary N) is 1. The van der Waals surface area contributed by atoms with Crippen LogP contribution in [0.3, 0.4) is 0 Å². The van der Waals surface area contributed by atoms with Gasteiger partial charge in [0.15, 0.2) is 0 Å². The van der Waals surface area contributed by atoms with E-state index in [0.717, 1.165) is 25.9 Å². The molecule has 3 atom stereocenters. The van der Waals surface area contributed by atoms with Gasteiger partial charge in [-0.3, -0.25) is 4.90 Å². The number of hydrogen-bond donors (Lipinski definition) is 2. The molecule has 3 rings (SSSR count). The van der Waals surface area contributed by atoms with E-state index in [2.05, 4.69) is 91.5 Å². The summed E-state index contributed by atoms with van der Waals surface area (Å²) in [5.41, 5.74) is 10.2. The van der Waals surface area contributed by atoms with Crippen LogP contribution in [-0.4, -0.2) is 28.2 Å². The lowest BCUT2D eigenvalue weighted by atomic mass is 9.91. The summed E-state index contributed by atoms with van der Waals surface area (Å²) in [5.74, 6) is 0.523. The monoisotopic (exact) mass is 430 g/mol. The van der Waals surface area contributed by atoms with Crippen molar-refractivity contribution in [3.63, 3.8) is 0 Å². The Morgan fingerprint density at radius 2 is 1.12 bits per heavy atom. The molecule has 0 unspecified atom stereocenters. The minimum atomic E-state index is -0.503. The molecule has 0 amide bonds. The van der Waals surface area contributed by atoms with E-state index in [1.807, 2.05) is 18.2 Å². The fourth-order valence-electron chi connectivity index (χ4n) is 4.46. The molecular formula is C29H38N2O. The Morgan fingerprint density at radius 1 is 0.688 bits per heavy atom. The first-order chi connectivity index (χ1) is 15.5. The van der Waals surface area contributed by atoms with Crippen LogP contribution >= 0.6 is 0 Å². The van der Waals surface area contributed by atoms with E-state index in [1.54, 1.807) is 0 Å². The smallest absolute Gasteiger partial charge is 0.0713 e. The fourth-order valence-corrected chi connectivity index (χ4v) is 4.46. The van der Waals surface area contributed by atoms with Gasteiger partial charge in [-0.15, -0.1) is 0 Å². The summed E-state index contributed by atoms with van der Waals surface area (Å²) in [7, 11) is 0. The molecule has 0 fully saturated rings. The van der Waals surface area contributed by atoms with Gasteiger partial charge in [-0.25, -0.2) is 0 Å². The lowest BCUT2D eigenvalue weighted by Gasteiger charge is -2.36. The maximum absolute atomic E-state index is 11.5. The summed E-state index contributed by atoms with van der Waals surface area (Å²) in [6.45, 7) is 5.93. The molecule has 3 aromatic carbocycles. The van der Waals surface area contributed by atoms with Gasteiger partial charge < -0.3 is 10.8 Å². The minimum Gasteiger partial charge on any atom is -0.391 e. The van der Waals surface area contributed by atoms with Gasteiger partial charge in [0.25, 0.3) is 0 Å². The predicted octanol–water partition coefficient (Wildman–Crippen LogP) is 5.42. The molecule has 0 heterocycles. The van der Waals surface area contributed by atoms with E-state index >= 15 is 0 Å². The first kappa shape index (κ1) is 24.2. The van der Waals surface area contributed by atoms with Crippen LogP contribution in [0.25, 0.3) is 0 Å². The van der Waals surface area contributed by atoms with Gasteiger partial charge in [-0.05, 0) is 41.9 Å². The molecule has 3 heteroatoms. The average molecular weight is 431 g/mol. The minimum absolute atomic E-state index is 0.00132. The van der Waals surface area contributed by atoms with Crippen LogP contribution < -0.4 is 5.73 Å². The van der Waals surface area contributed by atoms with E-state index in [9.17, 15) is 5.11 Å². The second kappa shape index (κ2) is 12.5. The van der Waals surface area contributed by atoms with Crippen LogP contribution in [0.4, 0.5) is 0 Å². The van der Waals surface area contributed by atoms with E-state index in [1.165, 1.54) is 16.7 Å². The zero-order valence-corrected chi connectivity index (χ0v) is 19.5. The lowest BCUT2D eigenvalue weighted by molar-refractivity contribution is 0.0290. The second-order valence-corrected chi connectivity index (χ2v) is 9.33. The van der Waals surface area contributed by atoms with Crippen molar-refractivity contribution in [3.05, 3.63) is 108 Å². The van der Waals surface area contributed by atoms with Gasteiger partial charge in [0.1, 0.15) is 0 Å². The van der Waals surface area contributed by atoms with Crippen molar-refractivity contribution >= 4 is 0 Å². The van der Waals surface area contributed by atoms with Crippen molar-refractivity contribution in [1.82, 2.24) is 4.90 Å². The molecule has 32 heavy (non-hydrogen) atoms. The third-order valence-electron chi connectivity index (χ3n) is 5.98. The van der Waals surface area contributed by atoms with Gasteiger partial charge in [-0.1, -0.05) is 105 Å². The Bertz CT molecular complexity index is 841. The Labute approximate surface area is 193 Å². The van der Waals surface area contributed by atoms with Crippen LogP contribution in [0.15, 0.2) is 91.0 Å². The third-order valence-corrected chi connectivity index (χ3v) is 5.98. The van der Waals surface area contributed by atoms with E-state index in [4.69, 9.17) is 5.73 Å². The van der Waals surface area contributed by atoms with E-state index in [-0.39, 0.29) is 12.1 Å². The van der Waals surface area contributed by atoms with E-state index in [0.29, 0.717) is 12.3 Å². The summed E-state index contributed by atoms with van der Waals surface area (Å²) in [6.07, 6.45) is 1.81. The molecule has 0 aliphatic rings. The highest BCUT2D eigenvalue weighted by molar-refractivity contribution is 5.20. The Hall–Kier alpha value is -2.46. The number of hydrogen-bond acceptors (Lipinski definition) is 3. The van der Waals surface area contributed by atoms with Gasteiger partial charge >= 0.3 is 0 Å². The standard InChI is InChI=1S/C29H38N2O/c1-23(2)18-27(30)20-29(32)28(19-24-12-6-3-7-13-24)31(21-25-14-8-4-9-15-25)22-26-16-10-5-11-17-26/h3-17,23,27-29,32H,18-22,30H2,1-2H3/t27-,28-,29-/m0/s1. The van der Waals surface area contributed by atoms with Crippen LogP contribution in [-0.2, 0) is 19.5 Å². The summed E-state index contributed by atoms with van der Waals surface area (Å²) in [4.78, 5) is 2.42. The first-order valence-corrected chi connectivity index (χ1v) is 11.8. The normalized spacial score (nSPS) is 14.4. The molecule has 0 aliphatic carbocycles. The summed E-state index contributed by atoms with van der Waals surface area (Å²) in [5, 5.41) is 11.5. The highest BCUT2D eigenvalue weighted by Gasteiger charge is 2.28. The summed E-state index contributed by atoms with van der Waals surface area (Å²) < 4.78 is 0. The molecule has 3 nitrogen and oxygen atoms in total. The summed E-state index contributed by atoms with van der Waals surface area (Å²) >= 11 is 0. The van der Waals surface area contributed by atoms with Crippen molar-refractivity contribution in [1.29, 1.82) is 0 Å². The van der Waals surface area contributed by atoms with Crippen LogP contribution in [0, 0.1) is 5.92 Å². The maximum Gasteiger partial charge on any atom is 0.0713 e. The van der Waals surface area contributed by atoms with Crippen molar-refractivity contribution < 1.29 is 5.11 Å². The molecule has 0 bridgehead atoms. The van der Waals surface area contributed by atoms with Gasteiger partial charge in [-0.2, -0.15) is 0 Å². The number of rotatable bonds is 12. The Kier molecular flexibility index (Phi) is 9.48. The number of benzene rings is 3. The van der Waals surface area contributed by atoms with Crippen molar-refractivity contribution in [2.75, 3.05) is 0 Å². The summed E-state index contributed by atoms with van der Waals surface area (Å²) in [6, 6.07) is 31.5. The lowest BCUT2D eigenvalue weighted by Crippen LogP contribution is -2.46. The highest BCUT2D eigenvalue weighted by Crippen LogP contribution is 2.22. The Morgan fingerprint density at radius 3 is 1.56 bits per heavy atom. The molecule has 0 saturated carbocycles. The predicted molar refractivity (Wildman–Crippen MR) is 134 cm³/mol. The molecule has 170 valence electrons. The molecule has 3 N–H and O–H groups in total. The number of aliphatic hydroxyl groups excluding tert-OH is 1. The quantitative estimate of drug-likeness (QED) is 0.403. The number of aliphatic hydroxyl groups is 1. The van der Waals surface area contributed by atoms with Crippen LogP contribution in [0.2, 0.25) is 0 Å². The molecule has 0 spiro atoms. The Balaban J connectivity index is 1.88.